The minimum atomic E-state index is -0.0214. The lowest BCUT2D eigenvalue weighted by atomic mass is 10.0. The van der Waals surface area contributed by atoms with Gasteiger partial charge in [0.2, 0.25) is 0 Å². The van der Waals surface area contributed by atoms with E-state index in [4.69, 9.17) is 4.98 Å². The van der Waals surface area contributed by atoms with Crippen molar-refractivity contribution >= 4 is 27.6 Å². The van der Waals surface area contributed by atoms with Crippen molar-refractivity contribution in [2.45, 2.75) is 6.17 Å². The van der Waals surface area contributed by atoms with Crippen molar-refractivity contribution in [2.24, 2.45) is 0 Å². The van der Waals surface area contributed by atoms with Crippen LogP contribution in [0.3, 0.4) is 0 Å². The lowest BCUT2D eigenvalue weighted by Gasteiger charge is -2.30. The molecule has 0 radical (unpaired) electrons. The molecule has 1 aliphatic rings. The Kier molecular flexibility index (Phi) is 2.91. The van der Waals surface area contributed by atoms with Crippen LogP contribution in [-0.4, -0.2) is 14.5 Å². The van der Waals surface area contributed by atoms with E-state index in [0.717, 1.165) is 39.0 Å². The second-order valence-corrected chi connectivity index (χ2v) is 6.84. The van der Waals surface area contributed by atoms with E-state index in [9.17, 15) is 0 Å². The fourth-order valence-corrected chi connectivity index (χ4v) is 4.01. The maximum absolute atomic E-state index is 4.94. The summed E-state index contributed by atoms with van der Waals surface area (Å²) in [4.78, 5) is 9.39. The molecule has 5 aromatic rings. The first kappa shape index (κ1) is 14.5. The summed E-state index contributed by atoms with van der Waals surface area (Å²) in [5.41, 5.74) is 6.58. The van der Waals surface area contributed by atoms with Gasteiger partial charge in [0.1, 0.15) is 12.0 Å². The van der Waals surface area contributed by atoms with Gasteiger partial charge in [-0.15, -0.1) is 0 Å². The molecule has 1 N–H and O–H groups in total. The molecule has 128 valence electrons. The van der Waals surface area contributed by atoms with Crippen molar-refractivity contribution in [3.63, 3.8) is 0 Å². The smallest absolute Gasteiger partial charge is 0.145 e. The topological polar surface area (TPSA) is 42.7 Å². The molecule has 0 saturated heterocycles. The predicted molar refractivity (Wildman–Crippen MR) is 109 cm³/mol. The fourth-order valence-electron chi connectivity index (χ4n) is 4.01. The van der Waals surface area contributed by atoms with Crippen molar-refractivity contribution in [1.82, 2.24) is 14.5 Å². The molecule has 0 aliphatic carbocycles. The predicted octanol–water partition coefficient (Wildman–Crippen LogP) is 5.22. The number of hydrogen-bond donors (Lipinski definition) is 1. The zero-order valence-corrected chi connectivity index (χ0v) is 14.5. The quantitative estimate of drug-likeness (QED) is 0.451. The molecule has 0 bridgehead atoms. The lowest BCUT2D eigenvalue weighted by molar-refractivity contribution is 0.670. The van der Waals surface area contributed by atoms with E-state index in [0.29, 0.717) is 0 Å². The van der Waals surface area contributed by atoms with Gasteiger partial charge in [-0.3, -0.25) is 9.55 Å². The van der Waals surface area contributed by atoms with E-state index in [2.05, 4.69) is 81.6 Å². The summed E-state index contributed by atoms with van der Waals surface area (Å²) in [5, 5.41) is 4.86. The molecular weight excluding hydrogens is 332 g/mol. The van der Waals surface area contributed by atoms with Crippen LogP contribution in [0, 0.1) is 0 Å². The number of aromatic nitrogens is 3. The lowest BCUT2D eigenvalue weighted by Crippen LogP contribution is -2.24. The van der Waals surface area contributed by atoms with Gasteiger partial charge in [-0.25, -0.2) is 4.98 Å². The second-order valence-electron chi connectivity index (χ2n) is 6.84. The summed E-state index contributed by atoms with van der Waals surface area (Å²) in [6.07, 6.45) is 1.81. The standard InChI is InChI=1S/C23H16N4/c1-2-8-19-17(7-1)23-26-20-9-3-4-10-21(20)27(23)22(25-19)16-11-12-18-15(14-16)6-5-13-24-18/h1-14,22,25H. The van der Waals surface area contributed by atoms with E-state index in [1.54, 1.807) is 0 Å². The molecule has 3 heterocycles. The number of nitrogens with one attached hydrogen (secondary N) is 1. The Balaban J connectivity index is 1.64. The number of hydrogen-bond acceptors (Lipinski definition) is 3. The van der Waals surface area contributed by atoms with E-state index in [-0.39, 0.29) is 6.17 Å². The van der Waals surface area contributed by atoms with Crippen LogP contribution in [0.1, 0.15) is 11.7 Å². The highest BCUT2D eigenvalue weighted by Crippen LogP contribution is 2.40. The Morgan fingerprint density at radius 3 is 2.70 bits per heavy atom. The van der Waals surface area contributed by atoms with Crippen LogP contribution < -0.4 is 5.32 Å². The Hall–Kier alpha value is -3.66. The van der Waals surface area contributed by atoms with E-state index < -0.39 is 0 Å². The van der Waals surface area contributed by atoms with Crippen LogP contribution in [0.2, 0.25) is 0 Å². The number of anilines is 1. The van der Waals surface area contributed by atoms with Crippen LogP contribution in [0.4, 0.5) is 5.69 Å². The summed E-state index contributed by atoms with van der Waals surface area (Å²) in [6.45, 7) is 0. The van der Waals surface area contributed by atoms with E-state index >= 15 is 0 Å². The maximum atomic E-state index is 4.94. The molecule has 2 aromatic heterocycles. The monoisotopic (exact) mass is 348 g/mol. The Morgan fingerprint density at radius 1 is 0.815 bits per heavy atom. The summed E-state index contributed by atoms with van der Waals surface area (Å²) in [5.74, 6) is 1.00. The first-order chi connectivity index (χ1) is 13.4. The van der Waals surface area contributed by atoms with Gasteiger partial charge in [-0.1, -0.05) is 36.4 Å². The van der Waals surface area contributed by atoms with Gasteiger partial charge in [0.25, 0.3) is 0 Å². The van der Waals surface area contributed by atoms with Crippen LogP contribution in [-0.2, 0) is 0 Å². The normalized spacial score (nSPS) is 15.3. The van der Waals surface area contributed by atoms with E-state index in [1.165, 1.54) is 5.56 Å². The molecule has 0 spiro atoms. The highest BCUT2D eigenvalue weighted by atomic mass is 15.2. The number of para-hydroxylation sites is 3. The number of rotatable bonds is 1. The third kappa shape index (κ3) is 2.10. The zero-order chi connectivity index (χ0) is 17.8. The summed E-state index contributed by atoms with van der Waals surface area (Å²) < 4.78 is 2.30. The van der Waals surface area contributed by atoms with Crippen molar-refractivity contribution in [3.8, 4) is 11.4 Å². The molecular formula is C23H16N4. The Labute approximate surface area is 156 Å². The van der Waals surface area contributed by atoms with Gasteiger partial charge >= 0.3 is 0 Å². The van der Waals surface area contributed by atoms with Crippen molar-refractivity contribution < 1.29 is 0 Å². The van der Waals surface area contributed by atoms with E-state index in [1.807, 2.05) is 18.3 Å². The second kappa shape index (κ2) is 5.42. The molecule has 1 aliphatic heterocycles. The fraction of sp³-hybridized carbons (Fsp3) is 0.0435. The molecule has 6 rings (SSSR count). The third-order valence-electron chi connectivity index (χ3n) is 5.26. The van der Waals surface area contributed by atoms with Gasteiger partial charge in [-0.2, -0.15) is 0 Å². The minimum Gasteiger partial charge on any atom is -0.361 e. The average molecular weight is 348 g/mol. The zero-order valence-electron chi connectivity index (χ0n) is 14.5. The van der Waals surface area contributed by atoms with Crippen molar-refractivity contribution in [1.29, 1.82) is 0 Å². The van der Waals surface area contributed by atoms with Gasteiger partial charge in [-0.05, 0) is 48.0 Å². The van der Waals surface area contributed by atoms with Crippen LogP contribution in [0.15, 0.2) is 85.1 Å². The molecule has 3 aromatic carbocycles. The van der Waals surface area contributed by atoms with Gasteiger partial charge in [0.15, 0.2) is 0 Å². The number of nitrogens with zero attached hydrogens (tertiary/aromatic N) is 3. The molecule has 0 amide bonds. The summed E-state index contributed by atoms with van der Waals surface area (Å²) >= 11 is 0. The summed E-state index contributed by atoms with van der Waals surface area (Å²) in [7, 11) is 0. The van der Waals surface area contributed by atoms with Crippen LogP contribution >= 0.6 is 0 Å². The van der Waals surface area contributed by atoms with Gasteiger partial charge in [0.05, 0.1) is 16.6 Å². The Bertz CT molecular complexity index is 1320. The minimum absolute atomic E-state index is 0.0214. The summed E-state index contributed by atoms with van der Waals surface area (Å²) in [6, 6.07) is 27.2. The molecule has 27 heavy (non-hydrogen) atoms. The van der Waals surface area contributed by atoms with Crippen molar-refractivity contribution in [2.75, 3.05) is 5.32 Å². The van der Waals surface area contributed by atoms with Crippen LogP contribution in [0.5, 0.6) is 0 Å². The molecule has 1 unspecified atom stereocenters. The number of fused-ring (bicyclic) bond motifs is 6. The van der Waals surface area contributed by atoms with Crippen molar-refractivity contribution in [3.05, 3.63) is 90.6 Å². The molecule has 4 nitrogen and oxygen atoms in total. The Morgan fingerprint density at radius 2 is 1.70 bits per heavy atom. The maximum Gasteiger partial charge on any atom is 0.145 e. The third-order valence-corrected chi connectivity index (χ3v) is 5.26. The first-order valence-electron chi connectivity index (χ1n) is 9.06. The van der Waals surface area contributed by atoms with Gasteiger partial charge < -0.3 is 5.32 Å². The largest absolute Gasteiger partial charge is 0.361 e. The number of imidazole rings is 1. The molecule has 0 saturated carbocycles. The molecule has 0 fully saturated rings. The highest BCUT2D eigenvalue weighted by Gasteiger charge is 2.28. The molecule has 4 heteroatoms. The molecule has 1 atom stereocenters. The SMILES string of the molecule is c1ccc2c(c1)NC(c1ccc3ncccc3c1)n1c-2nc2ccccc21. The highest BCUT2D eigenvalue weighted by molar-refractivity contribution is 5.87. The first-order valence-corrected chi connectivity index (χ1v) is 9.06. The van der Waals surface area contributed by atoms with Crippen LogP contribution in [0.25, 0.3) is 33.3 Å². The number of benzene rings is 3. The average Bonchev–Trinajstić information content (AvgIpc) is 3.13. The van der Waals surface area contributed by atoms with Gasteiger partial charge in [0, 0.05) is 22.8 Å². The number of pyridine rings is 1.